The van der Waals surface area contributed by atoms with E-state index >= 15 is 0 Å². The minimum absolute atomic E-state index is 0.122. The number of rotatable bonds is 7. The third kappa shape index (κ3) is 11.4. The molecule has 0 aliphatic carbocycles. The summed E-state index contributed by atoms with van der Waals surface area (Å²) in [4.78, 5) is 37.5. The molecule has 0 fully saturated rings. The number of carbonyl (C=O) groups excluding carboxylic acids is 3. The van der Waals surface area contributed by atoms with Crippen LogP contribution < -0.4 is 5.32 Å². The smallest absolute Gasteiger partial charge is 0.407 e. The third-order valence-electron chi connectivity index (χ3n) is 3.04. The molecule has 146 valence electrons. The first-order valence-electron chi connectivity index (χ1n) is 8.69. The molecule has 0 aliphatic heterocycles. The Labute approximate surface area is 151 Å². The van der Waals surface area contributed by atoms with Crippen molar-refractivity contribution in [2.75, 3.05) is 20.1 Å². The number of hydrogen-bond donors (Lipinski definition) is 1. The Kier molecular flexibility index (Phi) is 8.94. The predicted molar refractivity (Wildman–Crippen MR) is 96.1 cm³/mol. The fourth-order valence-corrected chi connectivity index (χ4v) is 2.14. The van der Waals surface area contributed by atoms with Gasteiger partial charge < -0.3 is 19.7 Å². The molecule has 0 radical (unpaired) electrons. The molecule has 1 unspecified atom stereocenters. The van der Waals surface area contributed by atoms with E-state index in [1.807, 2.05) is 6.92 Å². The van der Waals surface area contributed by atoms with E-state index in [9.17, 15) is 14.4 Å². The molecule has 0 saturated heterocycles. The first-order chi connectivity index (χ1) is 11.2. The van der Waals surface area contributed by atoms with Crippen molar-refractivity contribution in [3.63, 3.8) is 0 Å². The maximum absolute atomic E-state index is 12.6. The van der Waals surface area contributed by atoms with Gasteiger partial charge in [-0.25, -0.2) is 4.79 Å². The monoisotopic (exact) mass is 358 g/mol. The lowest BCUT2D eigenvalue weighted by Gasteiger charge is -2.26. The van der Waals surface area contributed by atoms with E-state index in [1.165, 1.54) is 4.90 Å². The van der Waals surface area contributed by atoms with Gasteiger partial charge in [-0.2, -0.15) is 0 Å². The molecule has 2 amide bonds. The number of nitrogens with one attached hydrogen (secondary N) is 1. The van der Waals surface area contributed by atoms with Crippen LogP contribution >= 0.6 is 0 Å². The summed E-state index contributed by atoms with van der Waals surface area (Å²) in [6.45, 7) is 12.7. The number of carbonyl (C=O) groups is 3. The van der Waals surface area contributed by atoms with Crippen molar-refractivity contribution in [2.45, 2.75) is 72.5 Å². The summed E-state index contributed by atoms with van der Waals surface area (Å²) < 4.78 is 10.4. The van der Waals surface area contributed by atoms with Crippen LogP contribution in [0.5, 0.6) is 0 Å². The van der Waals surface area contributed by atoms with Crippen molar-refractivity contribution in [1.82, 2.24) is 10.2 Å². The van der Waals surface area contributed by atoms with Gasteiger partial charge in [0.2, 0.25) is 5.91 Å². The van der Waals surface area contributed by atoms with Crippen LogP contribution in [0.25, 0.3) is 0 Å². The molecule has 0 rings (SSSR count). The molecule has 0 aliphatic rings. The predicted octanol–water partition coefficient (Wildman–Crippen LogP) is 2.73. The average Bonchev–Trinajstić information content (AvgIpc) is 2.38. The number of hydrogen-bond acceptors (Lipinski definition) is 5. The fraction of sp³-hybridized carbons (Fsp3) is 0.833. The zero-order valence-electron chi connectivity index (χ0n) is 16.9. The standard InChI is InChI=1S/C18H34N2O5/c1-9-10-13(11-19-16(23)25-18(5,6)7)15(22)20(8)12-14(21)24-17(2,3)4/h13H,9-12H2,1-8H3,(H,19,23). The molecule has 7 nitrogen and oxygen atoms in total. The Morgan fingerprint density at radius 3 is 1.96 bits per heavy atom. The fourth-order valence-electron chi connectivity index (χ4n) is 2.14. The van der Waals surface area contributed by atoms with Crippen molar-refractivity contribution >= 4 is 18.0 Å². The van der Waals surface area contributed by atoms with Gasteiger partial charge in [0.15, 0.2) is 0 Å². The number of likely N-dealkylation sites (N-methyl/N-ethyl adjacent to an activating group) is 1. The Morgan fingerprint density at radius 1 is 1.00 bits per heavy atom. The molecule has 0 aromatic rings. The van der Waals surface area contributed by atoms with Crippen LogP contribution in [-0.2, 0) is 19.1 Å². The molecule has 7 heteroatoms. The summed E-state index contributed by atoms with van der Waals surface area (Å²) >= 11 is 0. The van der Waals surface area contributed by atoms with Gasteiger partial charge in [0.05, 0.1) is 5.92 Å². The lowest BCUT2D eigenvalue weighted by atomic mass is 10.0. The Morgan fingerprint density at radius 2 is 1.52 bits per heavy atom. The van der Waals surface area contributed by atoms with Gasteiger partial charge in [0, 0.05) is 13.6 Å². The van der Waals surface area contributed by atoms with E-state index < -0.39 is 29.2 Å². The molecular weight excluding hydrogens is 324 g/mol. The van der Waals surface area contributed by atoms with Gasteiger partial charge in [-0.15, -0.1) is 0 Å². The second kappa shape index (κ2) is 9.63. The minimum Gasteiger partial charge on any atom is -0.459 e. The normalized spacial score (nSPS) is 13.0. The van der Waals surface area contributed by atoms with E-state index in [0.717, 1.165) is 6.42 Å². The highest BCUT2D eigenvalue weighted by Gasteiger charge is 2.26. The van der Waals surface area contributed by atoms with Crippen molar-refractivity contribution < 1.29 is 23.9 Å². The SMILES string of the molecule is CCCC(CNC(=O)OC(C)(C)C)C(=O)N(C)CC(=O)OC(C)(C)C. The lowest BCUT2D eigenvalue weighted by molar-refractivity contribution is -0.158. The van der Waals surface area contributed by atoms with Gasteiger partial charge in [0.1, 0.15) is 17.7 Å². The van der Waals surface area contributed by atoms with Gasteiger partial charge in [-0.3, -0.25) is 9.59 Å². The Hall–Kier alpha value is -1.79. The van der Waals surface area contributed by atoms with Crippen LogP contribution in [0.4, 0.5) is 4.79 Å². The Bertz CT molecular complexity index is 463. The van der Waals surface area contributed by atoms with E-state index in [1.54, 1.807) is 48.6 Å². The summed E-state index contributed by atoms with van der Waals surface area (Å²) in [7, 11) is 1.56. The van der Waals surface area contributed by atoms with Crippen LogP contribution in [0.1, 0.15) is 61.3 Å². The topological polar surface area (TPSA) is 84.9 Å². The minimum atomic E-state index is -0.595. The molecular formula is C18H34N2O5. The summed E-state index contributed by atoms with van der Waals surface area (Å²) in [5.41, 5.74) is -1.19. The van der Waals surface area contributed by atoms with Crippen LogP contribution in [0.3, 0.4) is 0 Å². The van der Waals surface area contributed by atoms with Gasteiger partial charge in [-0.1, -0.05) is 13.3 Å². The molecule has 0 aromatic heterocycles. The molecule has 0 saturated carbocycles. The number of esters is 1. The zero-order chi connectivity index (χ0) is 19.8. The average molecular weight is 358 g/mol. The van der Waals surface area contributed by atoms with E-state index in [0.29, 0.717) is 6.42 Å². The van der Waals surface area contributed by atoms with Crippen LogP contribution in [0, 0.1) is 5.92 Å². The van der Waals surface area contributed by atoms with Crippen molar-refractivity contribution in [1.29, 1.82) is 0 Å². The highest BCUT2D eigenvalue weighted by Crippen LogP contribution is 2.12. The largest absolute Gasteiger partial charge is 0.459 e. The molecule has 0 heterocycles. The zero-order valence-corrected chi connectivity index (χ0v) is 16.9. The van der Waals surface area contributed by atoms with E-state index in [-0.39, 0.29) is 19.0 Å². The van der Waals surface area contributed by atoms with Gasteiger partial charge in [-0.05, 0) is 48.0 Å². The second-order valence-corrected chi connectivity index (χ2v) is 8.15. The van der Waals surface area contributed by atoms with Crippen LogP contribution in [0.2, 0.25) is 0 Å². The Balaban J connectivity index is 4.66. The number of ether oxygens (including phenoxy) is 2. The molecule has 0 spiro atoms. The molecule has 0 bridgehead atoms. The van der Waals surface area contributed by atoms with Gasteiger partial charge >= 0.3 is 12.1 Å². The summed E-state index contributed by atoms with van der Waals surface area (Å²) in [5, 5.41) is 2.63. The molecule has 1 N–H and O–H groups in total. The first-order valence-corrected chi connectivity index (χ1v) is 8.69. The van der Waals surface area contributed by atoms with Crippen molar-refractivity contribution in [2.24, 2.45) is 5.92 Å². The maximum Gasteiger partial charge on any atom is 0.407 e. The summed E-state index contributed by atoms with van der Waals surface area (Å²) in [6, 6.07) is 0. The van der Waals surface area contributed by atoms with Crippen LogP contribution in [0.15, 0.2) is 0 Å². The van der Waals surface area contributed by atoms with E-state index in [2.05, 4.69) is 5.32 Å². The summed E-state index contributed by atoms with van der Waals surface area (Å²) in [6.07, 6.45) is 0.830. The quantitative estimate of drug-likeness (QED) is 0.707. The van der Waals surface area contributed by atoms with Crippen molar-refractivity contribution in [3.05, 3.63) is 0 Å². The number of amides is 2. The molecule has 1 atom stereocenters. The molecule has 0 aromatic carbocycles. The number of alkyl carbamates (subject to hydrolysis) is 1. The molecule has 25 heavy (non-hydrogen) atoms. The summed E-state index contributed by atoms with van der Waals surface area (Å²) in [5.74, 6) is -1.08. The maximum atomic E-state index is 12.6. The second-order valence-electron chi connectivity index (χ2n) is 8.15. The van der Waals surface area contributed by atoms with Crippen molar-refractivity contribution in [3.8, 4) is 0 Å². The highest BCUT2D eigenvalue weighted by atomic mass is 16.6. The van der Waals surface area contributed by atoms with Gasteiger partial charge in [0.25, 0.3) is 0 Å². The van der Waals surface area contributed by atoms with E-state index in [4.69, 9.17) is 9.47 Å². The third-order valence-corrected chi connectivity index (χ3v) is 3.04. The highest BCUT2D eigenvalue weighted by molar-refractivity contribution is 5.84. The lowest BCUT2D eigenvalue weighted by Crippen LogP contribution is -2.43. The van der Waals surface area contributed by atoms with Crippen LogP contribution in [-0.4, -0.2) is 54.2 Å². The number of nitrogens with zero attached hydrogens (tertiary/aromatic N) is 1. The first kappa shape index (κ1) is 23.2.